The third-order valence-electron chi connectivity index (χ3n) is 4.37. The number of fused-ring (bicyclic) bond motifs is 1. The molecule has 3 heterocycles. The molecule has 0 saturated heterocycles. The van der Waals surface area contributed by atoms with Gasteiger partial charge in [-0.3, -0.25) is 14.9 Å². The van der Waals surface area contributed by atoms with Crippen LogP contribution in [0.1, 0.15) is 27.6 Å². The molecule has 6 nitrogen and oxygen atoms in total. The van der Waals surface area contributed by atoms with Gasteiger partial charge in [-0.2, -0.15) is 0 Å². The number of thiazole rings is 1. The number of H-pyrrole nitrogens is 1. The highest BCUT2D eigenvalue weighted by molar-refractivity contribution is 7.14. The molecule has 0 fully saturated rings. The summed E-state index contributed by atoms with van der Waals surface area (Å²) in [6.45, 7) is 5.52. The Labute approximate surface area is 159 Å². The van der Waals surface area contributed by atoms with Crippen LogP contribution >= 0.6 is 11.3 Å². The Bertz CT molecular complexity index is 1180. The zero-order chi connectivity index (χ0) is 19.1. The van der Waals surface area contributed by atoms with Crippen molar-refractivity contribution in [3.05, 3.63) is 58.5 Å². The van der Waals surface area contributed by atoms with Crippen molar-refractivity contribution in [2.45, 2.75) is 20.8 Å². The lowest BCUT2D eigenvalue weighted by atomic mass is 10.1. The highest BCUT2D eigenvalue weighted by Gasteiger charge is 2.23. The number of aryl methyl sites for hydroxylation is 3. The van der Waals surface area contributed by atoms with E-state index in [1.54, 1.807) is 6.92 Å². The predicted molar refractivity (Wildman–Crippen MR) is 105 cm³/mol. The molecule has 136 valence electrons. The Morgan fingerprint density at radius 2 is 1.96 bits per heavy atom. The SMILES string of the molecule is Cc1cc(-c2csc(NC(=O)C(=O)c3c(C)[nH]c4ccccc34)n2)c(C)o1. The molecule has 0 aliphatic heterocycles. The van der Waals surface area contributed by atoms with Crippen LogP contribution in [0, 0.1) is 20.8 Å². The average Bonchev–Trinajstić information content (AvgIpc) is 3.30. The fraction of sp³-hybridized carbons (Fsp3) is 0.150. The summed E-state index contributed by atoms with van der Waals surface area (Å²) in [5, 5.41) is 5.55. The van der Waals surface area contributed by atoms with Gasteiger partial charge in [0, 0.05) is 27.5 Å². The molecule has 0 radical (unpaired) electrons. The number of nitrogens with zero attached hydrogens (tertiary/aromatic N) is 1. The maximum atomic E-state index is 12.7. The van der Waals surface area contributed by atoms with Crippen LogP contribution in [-0.2, 0) is 4.79 Å². The molecule has 0 aliphatic carbocycles. The van der Waals surface area contributed by atoms with Crippen molar-refractivity contribution in [1.82, 2.24) is 9.97 Å². The van der Waals surface area contributed by atoms with Crippen LogP contribution < -0.4 is 5.32 Å². The van der Waals surface area contributed by atoms with E-state index in [0.717, 1.165) is 28.0 Å². The highest BCUT2D eigenvalue weighted by Crippen LogP contribution is 2.30. The number of rotatable bonds is 4. The van der Waals surface area contributed by atoms with E-state index in [4.69, 9.17) is 4.42 Å². The molecule has 1 aromatic carbocycles. The molecule has 7 heteroatoms. The number of anilines is 1. The number of ketones is 1. The zero-order valence-corrected chi connectivity index (χ0v) is 15.9. The fourth-order valence-corrected chi connectivity index (χ4v) is 3.88. The van der Waals surface area contributed by atoms with E-state index < -0.39 is 11.7 Å². The van der Waals surface area contributed by atoms with Crippen molar-refractivity contribution in [3.8, 4) is 11.3 Å². The van der Waals surface area contributed by atoms with Gasteiger partial charge in [0.1, 0.15) is 11.5 Å². The fourth-order valence-electron chi connectivity index (χ4n) is 3.18. The Balaban J connectivity index is 1.58. The first-order chi connectivity index (χ1) is 12.9. The van der Waals surface area contributed by atoms with Crippen molar-refractivity contribution in [1.29, 1.82) is 0 Å². The van der Waals surface area contributed by atoms with Gasteiger partial charge in [-0.25, -0.2) is 4.98 Å². The summed E-state index contributed by atoms with van der Waals surface area (Å²) < 4.78 is 5.52. The van der Waals surface area contributed by atoms with E-state index in [1.165, 1.54) is 11.3 Å². The molecule has 3 aromatic heterocycles. The van der Waals surface area contributed by atoms with Gasteiger partial charge in [0.15, 0.2) is 5.13 Å². The van der Waals surface area contributed by atoms with Crippen molar-refractivity contribution in [2.75, 3.05) is 5.32 Å². The topological polar surface area (TPSA) is 88.0 Å². The molecule has 0 atom stereocenters. The van der Waals surface area contributed by atoms with Gasteiger partial charge in [-0.05, 0) is 32.9 Å². The number of carbonyl (C=O) groups excluding carboxylic acids is 2. The molecule has 0 unspecified atom stereocenters. The number of amides is 1. The number of aromatic amines is 1. The van der Waals surface area contributed by atoms with Gasteiger partial charge >= 0.3 is 0 Å². The second-order valence-electron chi connectivity index (χ2n) is 6.32. The average molecular weight is 379 g/mol. The Morgan fingerprint density at radius 1 is 1.19 bits per heavy atom. The number of hydrogen-bond donors (Lipinski definition) is 2. The maximum absolute atomic E-state index is 12.7. The maximum Gasteiger partial charge on any atom is 0.298 e. The lowest BCUT2D eigenvalue weighted by Crippen LogP contribution is -2.23. The van der Waals surface area contributed by atoms with Gasteiger partial charge in [-0.15, -0.1) is 11.3 Å². The number of aromatic nitrogens is 2. The van der Waals surface area contributed by atoms with E-state index in [2.05, 4.69) is 15.3 Å². The standard InChI is InChI=1S/C20H17N3O3S/c1-10-8-14(12(3)26-10)16-9-27-20(22-16)23-19(25)18(24)17-11(2)21-15-7-5-4-6-13(15)17/h4-9,21H,1-3H3,(H,22,23,25). The first-order valence-corrected chi connectivity index (χ1v) is 9.28. The van der Waals surface area contributed by atoms with Crippen molar-refractivity contribution in [3.63, 3.8) is 0 Å². The van der Waals surface area contributed by atoms with Crippen molar-refractivity contribution >= 4 is 39.1 Å². The largest absolute Gasteiger partial charge is 0.466 e. The molecule has 2 N–H and O–H groups in total. The summed E-state index contributed by atoms with van der Waals surface area (Å²) >= 11 is 1.27. The normalized spacial score (nSPS) is 11.1. The number of hydrogen-bond acceptors (Lipinski definition) is 5. The van der Waals surface area contributed by atoms with Crippen LogP contribution in [0.2, 0.25) is 0 Å². The van der Waals surface area contributed by atoms with E-state index in [0.29, 0.717) is 22.1 Å². The predicted octanol–water partition coefficient (Wildman–Crippen LogP) is 4.63. The number of nitrogens with one attached hydrogen (secondary N) is 2. The summed E-state index contributed by atoms with van der Waals surface area (Å²) in [5.74, 6) is 0.271. The van der Waals surface area contributed by atoms with E-state index in [9.17, 15) is 9.59 Å². The minimum atomic E-state index is -0.705. The summed E-state index contributed by atoms with van der Waals surface area (Å²) in [7, 11) is 0. The van der Waals surface area contributed by atoms with Crippen LogP contribution in [0.4, 0.5) is 5.13 Å². The molecular formula is C20H17N3O3S. The molecule has 0 spiro atoms. The molecule has 1 amide bonds. The Morgan fingerprint density at radius 3 is 2.70 bits per heavy atom. The van der Waals surface area contributed by atoms with Gasteiger partial charge in [0.2, 0.25) is 0 Å². The monoisotopic (exact) mass is 379 g/mol. The lowest BCUT2D eigenvalue weighted by molar-refractivity contribution is -0.112. The zero-order valence-electron chi connectivity index (χ0n) is 15.0. The van der Waals surface area contributed by atoms with Gasteiger partial charge < -0.3 is 9.40 Å². The smallest absolute Gasteiger partial charge is 0.298 e. The molecule has 0 saturated carbocycles. The van der Waals surface area contributed by atoms with E-state index >= 15 is 0 Å². The Hall–Kier alpha value is -3.19. The van der Waals surface area contributed by atoms with Gasteiger partial charge in [-0.1, -0.05) is 18.2 Å². The van der Waals surface area contributed by atoms with Crippen LogP contribution in [0.15, 0.2) is 40.1 Å². The van der Waals surface area contributed by atoms with E-state index in [1.807, 2.05) is 49.6 Å². The molecule has 0 aliphatic rings. The van der Waals surface area contributed by atoms with Gasteiger partial charge in [0.25, 0.3) is 11.7 Å². The summed E-state index contributed by atoms with van der Waals surface area (Å²) in [6.07, 6.45) is 0. The van der Waals surface area contributed by atoms with Crippen LogP contribution in [0.3, 0.4) is 0 Å². The third kappa shape index (κ3) is 3.06. The van der Waals surface area contributed by atoms with Crippen molar-refractivity contribution in [2.24, 2.45) is 0 Å². The molecule has 0 bridgehead atoms. The minimum Gasteiger partial charge on any atom is -0.466 e. The summed E-state index contributed by atoms with van der Waals surface area (Å²) in [5.41, 5.74) is 3.47. The third-order valence-corrected chi connectivity index (χ3v) is 5.13. The first-order valence-electron chi connectivity index (χ1n) is 8.40. The quantitative estimate of drug-likeness (QED) is 0.400. The number of carbonyl (C=O) groups is 2. The van der Waals surface area contributed by atoms with Crippen molar-refractivity contribution < 1.29 is 14.0 Å². The number of benzene rings is 1. The molecule has 27 heavy (non-hydrogen) atoms. The lowest BCUT2D eigenvalue weighted by Gasteiger charge is -2.01. The van der Waals surface area contributed by atoms with Crippen LogP contribution in [0.5, 0.6) is 0 Å². The van der Waals surface area contributed by atoms with Crippen LogP contribution in [0.25, 0.3) is 22.2 Å². The second kappa shape index (κ2) is 6.51. The second-order valence-corrected chi connectivity index (χ2v) is 7.18. The van der Waals surface area contributed by atoms with Crippen LogP contribution in [-0.4, -0.2) is 21.7 Å². The number of Topliss-reactive ketones (excluding diaryl/α,β-unsaturated/α-hetero) is 1. The van der Waals surface area contributed by atoms with Gasteiger partial charge in [0.05, 0.1) is 11.3 Å². The number of para-hydroxylation sites is 1. The minimum absolute atomic E-state index is 0.374. The summed E-state index contributed by atoms with van der Waals surface area (Å²) in [6, 6.07) is 9.32. The molecular weight excluding hydrogens is 362 g/mol. The van der Waals surface area contributed by atoms with E-state index in [-0.39, 0.29) is 0 Å². The molecule has 4 rings (SSSR count). The Kier molecular flexibility index (Phi) is 4.16. The first kappa shape index (κ1) is 17.2. The summed E-state index contributed by atoms with van der Waals surface area (Å²) in [4.78, 5) is 32.8. The number of furan rings is 1. The highest BCUT2D eigenvalue weighted by atomic mass is 32.1. The molecule has 4 aromatic rings.